The Bertz CT molecular complexity index is 672. The lowest BCUT2D eigenvalue weighted by Gasteiger charge is -1.92. The van der Waals surface area contributed by atoms with Gasteiger partial charge in [0.15, 0.2) is 0 Å². The normalized spacial score (nSPS) is 10.9. The topological polar surface area (TPSA) is 43.6 Å². The summed E-state index contributed by atoms with van der Waals surface area (Å²) in [6.45, 7) is 0. The van der Waals surface area contributed by atoms with E-state index in [1.165, 1.54) is 4.80 Å². The summed E-state index contributed by atoms with van der Waals surface area (Å²) < 4.78 is 0. The monoisotopic (exact) mass is 248 g/mol. The zero-order valence-electron chi connectivity index (χ0n) is 10.2. The van der Waals surface area contributed by atoms with Crippen LogP contribution in [-0.4, -0.2) is 20.2 Å². The van der Waals surface area contributed by atoms with Gasteiger partial charge in [-0.3, -0.25) is 0 Å². The molecule has 0 fully saturated rings. The molecule has 0 aliphatic carbocycles. The van der Waals surface area contributed by atoms with E-state index in [0.717, 1.165) is 11.1 Å². The molecule has 1 heterocycles. The van der Waals surface area contributed by atoms with Gasteiger partial charge in [-0.15, -0.1) is 15.0 Å². The minimum Gasteiger partial charge on any atom is -0.138 e. The van der Waals surface area contributed by atoms with Crippen LogP contribution < -0.4 is 0 Å². The summed E-state index contributed by atoms with van der Waals surface area (Å²) in [5.41, 5.74) is 2.06. The Morgan fingerprint density at radius 2 is 1.53 bits per heavy atom. The fraction of sp³-hybridized carbons (Fsp3) is 0. The molecule has 3 rings (SSSR count). The van der Waals surface area contributed by atoms with Gasteiger partial charge in [-0.2, -0.15) is 0 Å². The van der Waals surface area contributed by atoms with Crippen LogP contribution in [0.4, 0.5) is 0 Å². The molecule has 0 aliphatic rings. The van der Waals surface area contributed by atoms with E-state index in [1.807, 2.05) is 66.7 Å². The van der Waals surface area contributed by atoms with Crippen LogP contribution in [0.2, 0.25) is 0 Å². The van der Waals surface area contributed by atoms with Gasteiger partial charge in [0.05, 0.1) is 6.20 Å². The molecule has 0 amide bonds. The van der Waals surface area contributed by atoms with Gasteiger partial charge >= 0.3 is 0 Å². The fourth-order valence-electron chi connectivity index (χ4n) is 1.71. The number of aromatic nitrogens is 4. The van der Waals surface area contributed by atoms with Gasteiger partial charge < -0.3 is 0 Å². The molecule has 0 bridgehead atoms. The van der Waals surface area contributed by atoms with Crippen molar-refractivity contribution in [2.75, 3.05) is 0 Å². The molecule has 0 radical (unpaired) electrons. The van der Waals surface area contributed by atoms with Gasteiger partial charge in [-0.05, 0) is 16.9 Å². The van der Waals surface area contributed by atoms with Crippen molar-refractivity contribution < 1.29 is 0 Å². The molecule has 3 aromatic rings. The molecule has 0 saturated carbocycles. The van der Waals surface area contributed by atoms with Crippen molar-refractivity contribution in [2.24, 2.45) is 0 Å². The van der Waals surface area contributed by atoms with Crippen LogP contribution in [0.1, 0.15) is 5.56 Å². The number of benzene rings is 2. The molecular weight excluding hydrogens is 236 g/mol. The van der Waals surface area contributed by atoms with Crippen molar-refractivity contribution in [3.05, 3.63) is 66.2 Å². The molecule has 0 unspecified atom stereocenters. The lowest BCUT2D eigenvalue weighted by Crippen LogP contribution is -1.91. The van der Waals surface area contributed by atoms with E-state index in [2.05, 4.69) is 15.4 Å². The van der Waals surface area contributed by atoms with E-state index in [9.17, 15) is 0 Å². The second-order valence-electron chi connectivity index (χ2n) is 4.03. The summed E-state index contributed by atoms with van der Waals surface area (Å²) in [7, 11) is 0. The van der Waals surface area contributed by atoms with Crippen molar-refractivity contribution in [1.82, 2.24) is 20.2 Å². The third-order valence-electron chi connectivity index (χ3n) is 2.66. The Morgan fingerprint density at radius 3 is 2.26 bits per heavy atom. The van der Waals surface area contributed by atoms with Gasteiger partial charge in [0.1, 0.15) is 0 Å². The Morgan fingerprint density at radius 1 is 0.842 bits per heavy atom. The van der Waals surface area contributed by atoms with Crippen molar-refractivity contribution in [1.29, 1.82) is 0 Å². The Balaban J connectivity index is 1.81. The highest BCUT2D eigenvalue weighted by molar-refractivity contribution is 5.60. The van der Waals surface area contributed by atoms with E-state index in [0.29, 0.717) is 5.82 Å². The molecule has 19 heavy (non-hydrogen) atoms. The lowest BCUT2D eigenvalue weighted by atomic mass is 10.2. The van der Waals surface area contributed by atoms with Gasteiger partial charge in [0.25, 0.3) is 0 Å². The third kappa shape index (κ3) is 2.74. The highest BCUT2D eigenvalue weighted by atomic mass is 15.6. The van der Waals surface area contributed by atoms with Crippen molar-refractivity contribution in [2.45, 2.75) is 0 Å². The smallest absolute Gasteiger partial charge is 0.138 e. The number of nitrogens with zero attached hydrogens (tertiary/aromatic N) is 4. The highest BCUT2D eigenvalue weighted by Crippen LogP contribution is 2.12. The summed E-state index contributed by atoms with van der Waals surface area (Å²) in [6, 6.07) is 19.8. The average Bonchev–Trinajstić information content (AvgIpc) is 2.96. The molecule has 4 nitrogen and oxygen atoms in total. The van der Waals surface area contributed by atoms with E-state index >= 15 is 0 Å². The SMILES string of the molecule is C(=C\n1nnc(-c2ccccc2)n1)/c1ccccc1. The van der Waals surface area contributed by atoms with Gasteiger partial charge in [0.2, 0.25) is 5.82 Å². The molecule has 0 spiro atoms. The first-order valence-electron chi connectivity index (χ1n) is 6.00. The standard InChI is InChI=1S/C15H12N4/c1-3-7-13(8-4-1)11-12-19-17-15(16-18-19)14-9-5-2-6-10-14/h1-12H/b12-11+. The predicted molar refractivity (Wildman–Crippen MR) is 74.9 cm³/mol. The first-order chi connectivity index (χ1) is 9.42. The zero-order chi connectivity index (χ0) is 12.9. The maximum atomic E-state index is 4.30. The van der Waals surface area contributed by atoms with Crippen LogP contribution in [0.3, 0.4) is 0 Å². The van der Waals surface area contributed by atoms with Crippen LogP contribution >= 0.6 is 0 Å². The maximum absolute atomic E-state index is 4.30. The lowest BCUT2D eigenvalue weighted by molar-refractivity contribution is 0.761. The van der Waals surface area contributed by atoms with E-state index < -0.39 is 0 Å². The number of hydrogen-bond donors (Lipinski definition) is 0. The van der Waals surface area contributed by atoms with Crippen molar-refractivity contribution in [3.8, 4) is 11.4 Å². The molecular formula is C15H12N4. The van der Waals surface area contributed by atoms with Gasteiger partial charge in [0, 0.05) is 5.56 Å². The van der Waals surface area contributed by atoms with Gasteiger partial charge in [-0.1, -0.05) is 60.7 Å². The quantitative estimate of drug-likeness (QED) is 0.715. The first-order valence-corrected chi connectivity index (χ1v) is 6.00. The van der Waals surface area contributed by atoms with Crippen LogP contribution in [0, 0.1) is 0 Å². The van der Waals surface area contributed by atoms with E-state index in [4.69, 9.17) is 0 Å². The van der Waals surface area contributed by atoms with Gasteiger partial charge in [-0.25, -0.2) is 0 Å². The number of hydrogen-bond acceptors (Lipinski definition) is 3. The minimum absolute atomic E-state index is 0.623. The predicted octanol–water partition coefficient (Wildman–Crippen LogP) is 2.97. The van der Waals surface area contributed by atoms with Crippen molar-refractivity contribution >= 4 is 12.3 Å². The molecule has 2 aromatic carbocycles. The molecule has 4 heteroatoms. The summed E-state index contributed by atoms with van der Waals surface area (Å²) >= 11 is 0. The summed E-state index contributed by atoms with van der Waals surface area (Å²) in [5.74, 6) is 0.623. The molecule has 1 aromatic heterocycles. The van der Waals surface area contributed by atoms with Crippen LogP contribution in [0.5, 0.6) is 0 Å². The minimum atomic E-state index is 0.623. The number of tetrazole rings is 1. The molecule has 0 saturated heterocycles. The first kappa shape index (κ1) is 11.3. The molecule has 0 atom stereocenters. The summed E-state index contributed by atoms with van der Waals surface area (Å²) in [5, 5.41) is 12.3. The fourth-order valence-corrected chi connectivity index (χ4v) is 1.71. The molecule has 0 N–H and O–H groups in total. The maximum Gasteiger partial charge on any atom is 0.205 e. The summed E-state index contributed by atoms with van der Waals surface area (Å²) in [6.07, 6.45) is 3.73. The largest absolute Gasteiger partial charge is 0.205 e. The third-order valence-corrected chi connectivity index (χ3v) is 2.66. The number of rotatable bonds is 3. The van der Waals surface area contributed by atoms with E-state index in [-0.39, 0.29) is 0 Å². The van der Waals surface area contributed by atoms with Crippen LogP contribution in [0.25, 0.3) is 23.7 Å². The Hall–Kier alpha value is -2.75. The highest BCUT2D eigenvalue weighted by Gasteiger charge is 2.02. The van der Waals surface area contributed by atoms with Crippen molar-refractivity contribution in [3.63, 3.8) is 0 Å². The summed E-state index contributed by atoms with van der Waals surface area (Å²) in [4.78, 5) is 1.47. The Kier molecular flexibility index (Phi) is 3.14. The molecule has 0 aliphatic heterocycles. The van der Waals surface area contributed by atoms with Crippen LogP contribution in [0.15, 0.2) is 60.7 Å². The zero-order valence-corrected chi connectivity index (χ0v) is 10.2. The Labute approximate surface area is 111 Å². The van der Waals surface area contributed by atoms with Crippen LogP contribution in [-0.2, 0) is 0 Å². The second kappa shape index (κ2) is 5.27. The van der Waals surface area contributed by atoms with E-state index in [1.54, 1.807) is 6.20 Å². The average molecular weight is 248 g/mol. The second-order valence-corrected chi connectivity index (χ2v) is 4.03. The molecule has 92 valence electrons.